The van der Waals surface area contributed by atoms with Gasteiger partial charge in [-0.3, -0.25) is 4.68 Å². The number of hydrogen-bond acceptors (Lipinski definition) is 9. The second-order valence-corrected chi connectivity index (χ2v) is 10.7. The highest BCUT2D eigenvalue weighted by molar-refractivity contribution is 5.77. The van der Waals surface area contributed by atoms with Crippen molar-refractivity contribution in [1.82, 2.24) is 24.3 Å². The summed E-state index contributed by atoms with van der Waals surface area (Å²) >= 11 is 0. The summed E-state index contributed by atoms with van der Waals surface area (Å²) in [5.41, 5.74) is 3.86. The lowest BCUT2D eigenvalue weighted by molar-refractivity contribution is -0.184. The van der Waals surface area contributed by atoms with E-state index in [1.165, 1.54) is 12.1 Å². The van der Waals surface area contributed by atoms with Crippen molar-refractivity contribution >= 4 is 16.9 Å². The maximum absolute atomic E-state index is 14.2. The largest absolute Gasteiger partial charge is 0.473 e. The molecule has 0 atom stereocenters. The third kappa shape index (κ3) is 4.93. The Balaban J connectivity index is 1.05. The van der Waals surface area contributed by atoms with Gasteiger partial charge in [0.25, 0.3) is 0 Å². The Hall–Kier alpha value is -5.30. The molecule has 0 spiro atoms. The van der Waals surface area contributed by atoms with E-state index in [-0.39, 0.29) is 31.9 Å². The van der Waals surface area contributed by atoms with Gasteiger partial charge in [-0.1, -0.05) is 18.2 Å². The number of halogens is 1. The molecule has 3 aromatic heterocycles. The standard InChI is InChI=1S/C31H25FN8O3/c32-24-10-20(12-34)4-5-21(24)17-43-30-3-1-2-28(36-30)38-13-22-14-39(37-26(22)15-38)16-29-35-25-7-6-23(31(41)18-42-19-31)11-27(25)40(29)9-8-33/h1-7,10-11,14,41H,9,13,15-19H2. The molecule has 2 aliphatic rings. The van der Waals surface area contributed by atoms with Gasteiger partial charge in [0.2, 0.25) is 5.88 Å². The van der Waals surface area contributed by atoms with Crippen LogP contribution in [0.4, 0.5) is 10.2 Å². The number of nitriles is 2. The fourth-order valence-corrected chi connectivity index (χ4v) is 5.44. The molecule has 0 unspecified atom stereocenters. The number of imidazole rings is 1. The summed E-state index contributed by atoms with van der Waals surface area (Å²) in [5, 5.41) is 34.0. The summed E-state index contributed by atoms with van der Waals surface area (Å²) in [6.07, 6.45) is 1.99. The zero-order valence-corrected chi connectivity index (χ0v) is 22.9. The van der Waals surface area contributed by atoms with Gasteiger partial charge in [-0.25, -0.2) is 9.37 Å². The van der Waals surface area contributed by atoms with Gasteiger partial charge in [-0.2, -0.15) is 20.6 Å². The van der Waals surface area contributed by atoms with E-state index in [0.717, 1.165) is 27.9 Å². The third-order valence-electron chi connectivity index (χ3n) is 7.80. The number of rotatable bonds is 8. The smallest absolute Gasteiger partial charge is 0.215 e. The van der Waals surface area contributed by atoms with E-state index in [2.05, 4.69) is 16.0 Å². The molecule has 0 aliphatic carbocycles. The van der Waals surface area contributed by atoms with Gasteiger partial charge in [0.1, 0.15) is 36.2 Å². The Kier molecular flexibility index (Phi) is 6.50. The number of fused-ring (bicyclic) bond motifs is 2. The molecule has 0 bridgehead atoms. The van der Waals surface area contributed by atoms with Crippen molar-refractivity contribution in [3.8, 4) is 18.0 Å². The minimum atomic E-state index is -1.01. The van der Waals surface area contributed by atoms with Gasteiger partial charge in [0.15, 0.2) is 0 Å². The molecule has 0 radical (unpaired) electrons. The van der Waals surface area contributed by atoms with Crippen molar-refractivity contribution < 1.29 is 19.0 Å². The Labute approximate surface area is 245 Å². The average Bonchev–Trinajstić information content (AvgIpc) is 3.67. The maximum Gasteiger partial charge on any atom is 0.215 e. The highest BCUT2D eigenvalue weighted by atomic mass is 19.1. The first-order valence-electron chi connectivity index (χ1n) is 13.7. The van der Waals surface area contributed by atoms with E-state index in [9.17, 15) is 14.8 Å². The van der Waals surface area contributed by atoms with Crippen LogP contribution < -0.4 is 9.64 Å². The lowest BCUT2D eigenvalue weighted by atomic mass is 9.92. The van der Waals surface area contributed by atoms with Crippen molar-refractivity contribution in [3.63, 3.8) is 0 Å². The first kappa shape index (κ1) is 26.6. The topological polar surface area (TPSA) is 138 Å². The van der Waals surface area contributed by atoms with Crippen molar-refractivity contribution in [2.24, 2.45) is 0 Å². The van der Waals surface area contributed by atoms with Crippen LogP contribution in [0.1, 0.15) is 33.8 Å². The van der Waals surface area contributed by atoms with Crippen LogP contribution in [0, 0.1) is 28.5 Å². The molecule has 2 aliphatic heterocycles. The molecule has 0 saturated carbocycles. The van der Waals surface area contributed by atoms with Crippen LogP contribution in [0.3, 0.4) is 0 Å². The summed E-state index contributed by atoms with van der Waals surface area (Å²) < 4.78 is 28.9. The number of ether oxygens (including phenoxy) is 2. The van der Waals surface area contributed by atoms with E-state index in [1.807, 2.05) is 51.8 Å². The molecule has 7 rings (SSSR count). The van der Waals surface area contributed by atoms with Crippen LogP contribution in [0.25, 0.3) is 11.0 Å². The number of hydrogen-bond donors (Lipinski definition) is 1. The fraction of sp³-hybridized carbons (Fsp3) is 0.258. The molecular weight excluding hydrogens is 551 g/mol. The summed E-state index contributed by atoms with van der Waals surface area (Å²) in [7, 11) is 0. The van der Waals surface area contributed by atoms with E-state index >= 15 is 0 Å². The molecular formula is C31H25FN8O3. The molecule has 12 heteroatoms. The number of anilines is 1. The third-order valence-corrected chi connectivity index (χ3v) is 7.80. The van der Waals surface area contributed by atoms with Crippen LogP contribution in [-0.2, 0) is 43.1 Å². The molecule has 5 aromatic rings. The number of aromatic nitrogens is 5. The minimum absolute atomic E-state index is 0.00596. The van der Waals surface area contributed by atoms with E-state index in [4.69, 9.17) is 24.8 Å². The van der Waals surface area contributed by atoms with Gasteiger partial charge in [-0.05, 0) is 35.9 Å². The quantitative estimate of drug-likeness (QED) is 0.294. The number of nitrogens with zero attached hydrogens (tertiary/aromatic N) is 8. The van der Waals surface area contributed by atoms with E-state index in [0.29, 0.717) is 42.7 Å². The lowest BCUT2D eigenvalue weighted by Crippen LogP contribution is -2.46. The average molecular weight is 577 g/mol. The first-order chi connectivity index (χ1) is 20.9. The predicted molar refractivity (Wildman–Crippen MR) is 151 cm³/mol. The summed E-state index contributed by atoms with van der Waals surface area (Å²) in [4.78, 5) is 11.5. The zero-order valence-electron chi connectivity index (χ0n) is 22.9. The zero-order chi connectivity index (χ0) is 29.6. The monoisotopic (exact) mass is 576 g/mol. The second-order valence-electron chi connectivity index (χ2n) is 10.7. The molecule has 1 fully saturated rings. The minimum Gasteiger partial charge on any atom is -0.473 e. The van der Waals surface area contributed by atoms with Gasteiger partial charge in [-0.15, -0.1) is 0 Å². The SMILES string of the molecule is N#CCn1c(Cn2cc3c(n2)CN(c2cccc(OCc4ccc(C#N)cc4F)n2)C3)nc2ccc(C3(O)COC3)cc21. The van der Waals surface area contributed by atoms with E-state index < -0.39 is 11.4 Å². The highest BCUT2D eigenvalue weighted by Crippen LogP contribution is 2.32. The molecule has 214 valence electrons. The van der Waals surface area contributed by atoms with Crippen molar-refractivity contribution in [2.75, 3.05) is 18.1 Å². The van der Waals surface area contributed by atoms with Crippen molar-refractivity contribution in [3.05, 3.63) is 100 Å². The normalized spacial score (nSPS) is 15.1. The fourth-order valence-electron chi connectivity index (χ4n) is 5.44. The number of pyridine rings is 1. The molecule has 1 N–H and O–H groups in total. The van der Waals surface area contributed by atoms with Crippen LogP contribution in [0.2, 0.25) is 0 Å². The van der Waals surface area contributed by atoms with Gasteiger partial charge in [0, 0.05) is 29.9 Å². The van der Waals surface area contributed by atoms with Crippen LogP contribution in [0.15, 0.2) is 60.8 Å². The van der Waals surface area contributed by atoms with Crippen LogP contribution in [-0.4, -0.2) is 42.6 Å². The Morgan fingerprint density at radius 3 is 2.70 bits per heavy atom. The Morgan fingerprint density at radius 1 is 1.07 bits per heavy atom. The highest BCUT2D eigenvalue weighted by Gasteiger charge is 2.38. The van der Waals surface area contributed by atoms with Gasteiger partial charge >= 0.3 is 0 Å². The number of aliphatic hydroxyl groups is 1. The predicted octanol–water partition coefficient (Wildman–Crippen LogP) is 3.53. The molecule has 0 amide bonds. The lowest BCUT2D eigenvalue weighted by Gasteiger charge is -2.36. The van der Waals surface area contributed by atoms with Crippen LogP contribution in [0.5, 0.6) is 5.88 Å². The molecule has 43 heavy (non-hydrogen) atoms. The molecule has 11 nitrogen and oxygen atoms in total. The molecule has 1 saturated heterocycles. The van der Waals surface area contributed by atoms with Crippen LogP contribution >= 0.6 is 0 Å². The summed E-state index contributed by atoms with van der Waals surface area (Å²) in [5.74, 6) is 1.29. The van der Waals surface area contributed by atoms with Gasteiger partial charge < -0.3 is 24.0 Å². The first-order valence-corrected chi connectivity index (χ1v) is 13.7. The summed E-state index contributed by atoms with van der Waals surface area (Å²) in [6.45, 7) is 2.17. The maximum atomic E-state index is 14.2. The second kappa shape index (κ2) is 10.5. The van der Waals surface area contributed by atoms with Crippen molar-refractivity contribution in [2.45, 2.75) is 38.4 Å². The van der Waals surface area contributed by atoms with E-state index in [1.54, 1.807) is 12.1 Å². The number of benzene rings is 2. The Bertz CT molecular complexity index is 1930. The molecule has 2 aromatic carbocycles. The summed E-state index contributed by atoms with van der Waals surface area (Å²) in [6, 6.07) is 19.5. The Morgan fingerprint density at radius 2 is 1.95 bits per heavy atom. The van der Waals surface area contributed by atoms with Crippen molar-refractivity contribution in [1.29, 1.82) is 10.5 Å². The van der Waals surface area contributed by atoms with Gasteiger partial charge in [0.05, 0.1) is 60.7 Å². The molecule has 5 heterocycles.